The van der Waals surface area contributed by atoms with E-state index in [0.29, 0.717) is 18.5 Å². The fraction of sp³-hybridized carbons (Fsp3) is 0.533. The Bertz CT molecular complexity index is 479. The van der Waals surface area contributed by atoms with Gasteiger partial charge in [-0.25, -0.2) is 8.78 Å². The normalized spacial score (nSPS) is 22.7. The number of halogens is 2. The molecule has 110 valence electrons. The third-order valence-electron chi connectivity index (χ3n) is 3.96. The zero-order valence-corrected chi connectivity index (χ0v) is 11.2. The van der Waals surface area contributed by atoms with Gasteiger partial charge in [-0.05, 0) is 31.4 Å². The lowest BCUT2D eigenvalue weighted by atomic mass is 9.79. The molecule has 0 spiro atoms. The largest absolute Gasteiger partial charge is 0.481 e. The molecule has 20 heavy (non-hydrogen) atoms. The molecule has 2 N–H and O–H groups in total. The molecule has 1 aromatic carbocycles. The van der Waals surface area contributed by atoms with Crippen LogP contribution in [-0.4, -0.2) is 17.6 Å². The first-order valence-corrected chi connectivity index (χ1v) is 6.95. The van der Waals surface area contributed by atoms with Gasteiger partial charge in [-0.1, -0.05) is 18.9 Å². The van der Waals surface area contributed by atoms with Crippen LogP contribution in [0.1, 0.15) is 31.2 Å². The second kappa shape index (κ2) is 6.79. The minimum absolute atomic E-state index is 0.0877. The molecule has 1 saturated carbocycles. The van der Waals surface area contributed by atoms with Crippen LogP contribution in [-0.2, 0) is 11.3 Å². The van der Waals surface area contributed by atoms with Crippen molar-refractivity contribution < 1.29 is 18.7 Å². The molecule has 1 aliphatic carbocycles. The Kier molecular flexibility index (Phi) is 5.06. The summed E-state index contributed by atoms with van der Waals surface area (Å²) in [5.74, 6) is -2.14. The van der Waals surface area contributed by atoms with E-state index in [1.807, 2.05) is 0 Å². The Morgan fingerprint density at radius 3 is 2.75 bits per heavy atom. The molecule has 5 heteroatoms. The van der Waals surface area contributed by atoms with Crippen LogP contribution < -0.4 is 5.32 Å². The zero-order valence-electron chi connectivity index (χ0n) is 11.2. The van der Waals surface area contributed by atoms with E-state index in [9.17, 15) is 18.7 Å². The maximum atomic E-state index is 13.4. The van der Waals surface area contributed by atoms with Crippen LogP contribution in [0.25, 0.3) is 0 Å². The van der Waals surface area contributed by atoms with Gasteiger partial charge in [0.05, 0.1) is 5.92 Å². The van der Waals surface area contributed by atoms with Crippen molar-refractivity contribution in [2.45, 2.75) is 32.2 Å². The Morgan fingerprint density at radius 1 is 1.30 bits per heavy atom. The molecule has 2 atom stereocenters. The number of benzene rings is 1. The summed E-state index contributed by atoms with van der Waals surface area (Å²) in [6.45, 7) is 0.836. The summed E-state index contributed by atoms with van der Waals surface area (Å²) in [5, 5.41) is 12.3. The molecule has 2 rings (SSSR count). The molecule has 1 aromatic rings. The highest BCUT2D eigenvalue weighted by molar-refractivity contribution is 5.70. The average Bonchev–Trinajstić information content (AvgIpc) is 2.41. The smallest absolute Gasteiger partial charge is 0.306 e. The lowest BCUT2D eigenvalue weighted by Gasteiger charge is -2.28. The summed E-state index contributed by atoms with van der Waals surface area (Å²) in [5.41, 5.74) is 0.397. The van der Waals surface area contributed by atoms with Crippen LogP contribution in [0.15, 0.2) is 18.2 Å². The molecule has 3 nitrogen and oxygen atoms in total. The first-order valence-electron chi connectivity index (χ1n) is 6.95. The maximum absolute atomic E-state index is 13.4. The van der Waals surface area contributed by atoms with E-state index in [1.54, 1.807) is 0 Å². The minimum Gasteiger partial charge on any atom is -0.481 e. The molecule has 1 fully saturated rings. The predicted molar refractivity (Wildman–Crippen MR) is 71.1 cm³/mol. The third-order valence-corrected chi connectivity index (χ3v) is 3.96. The van der Waals surface area contributed by atoms with Crippen LogP contribution in [0.2, 0.25) is 0 Å². The number of carbonyl (C=O) groups is 1. The Hall–Kier alpha value is -1.49. The number of hydrogen-bond acceptors (Lipinski definition) is 2. The summed E-state index contributed by atoms with van der Waals surface area (Å²) >= 11 is 0. The number of carboxylic acids is 1. The number of nitrogens with one attached hydrogen (secondary N) is 1. The highest BCUT2D eigenvalue weighted by Crippen LogP contribution is 2.29. The van der Waals surface area contributed by atoms with Crippen molar-refractivity contribution in [2.75, 3.05) is 6.54 Å². The van der Waals surface area contributed by atoms with Crippen molar-refractivity contribution in [1.29, 1.82) is 0 Å². The molecule has 0 amide bonds. The van der Waals surface area contributed by atoms with Crippen molar-refractivity contribution >= 4 is 5.97 Å². The first kappa shape index (κ1) is 14.9. The van der Waals surface area contributed by atoms with Gasteiger partial charge >= 0.3 is 5.97 Å². The summed E-state index contributed by atoms with van der Waals surface area (Å²) in [6, 6.07) is 3.49. The maximum Gasteiger partial charge on any atom is 0.306 e. The Morgan fingerprint density at radius 2 is 2.05 bits per heavy atom. The molecule has 0 bridgehead atoms. The Balaban J connectivity index is 1.86. The molecule has 1 aliphatic rings. The van der Waals surface area contributed by atoms with Gasteiger partial charge in [-0.2, -0.15) is 0 Å². The minimum atomic E-state index is -0.746. The number of rotatable bonds is 5. The van der Waals surface area contributed by atoms with Gasteiger partial charge in [0.25, 0.3) is 0 Å². The fourth-order valence-corrected chi connectivity index (χ4v) is 2.83. The van der Waals surface area contributed by atoms with Crippen LogP contribution in [0.5, 0.6) is 0 Å². The van der Waals surface area contributed by atoms with Crippen molar-refractivity contribution in [3.8, 4) is 0 Å². The van der Waals surface area contributed by atoms with Crippen molar-refractivity contribution in [3.63, 3.8) is 0 Å². The van der Waals surface area contributed by atoms with E-state index in [1.165, 1.54) is 12.1 Å². The zero-order chi connectivity index (χ0) is 14.5. The molecule has 0 aliphatic heterocycles. The molecular weight excluding hydrogens is 264 g/mol. The molecule has 0 heterocycles. The summed E-state index contributed by atoms with van der Waals surface area (Å²) in [7, 11) is 0. The van der Waals surface area contributed by atoms with E-state index in [-0.39, 0.29) is 18.4 Å². The number of carboxylic acid groups (broad SMARTS) is 1. The number of hydrogen-bond donors (Lipinski definition) is 2. The topological polar surface area (TPSA) is 49.3 Å². The first-order chi connectivity index (χ1) is 9.58. The van der Waals surface area contributed by atoms with E-state index in [2.05, 4.69) is 5.32 Å². The summed E-state index contributed by atoms with van der Waals surface area (Å²) in [6.07, 6.45) is 3.60. The molecule has 0 aromatic heterocycles. The van der Waals surface area contributed by atoms with E-state index in [0.717, 1.165) is 25.3 Å². The monoisotopic (exact) mass is 283 g/mol. The van der Waals surface area contributed by atoms with E-state index in [4.69, 9.17) is 0 Å². The van der Waals surface area contributed by atoms with E-state index < -0.39 is 17.6 Å². The van der Waals surface area contributed by atoms with E-state index >= 15 is 0 Å². The van der Waals surface area contributed by atoms with Gasteiger partial charge in [0.2, 0.25) is 0 Å². The molecule has 2 unspecified atom stereocenters. The average molecular weight is 283 g/mol. The SMILES string of the molecule is O=C(O)C1CCCCC1CNCc1ccc(F)cc1F. The molecule has 0 radical (unpaired) electrons. The highest BCUT2D eigenvalue weighted by Gasteiger charge is 2.30. The second-order valence-corrected chi connectivity index (χ2v) is 5.36. The van der Waals surface area contributed by atoms with Crippen molar-refractivity contribution in [2.24, 2.45) is 11.8 Å². The van der Waals surface area contributed by atoms with Crippen LogP contribution in [0.3, 0.4) is 0 Å². The molecular formula is C15H19F2NO2. The predicted octanol–water partition coefficient (Wildman–Crippen LogP) is 2.95. The van der Waals surface area contributed by atoms with Gasteiger partial charge in [0, 0.05) is 18.2 Å². The van der Waals surface area contributed by atoms with Crippen LogP contribution in [0.4, 0.5) is 8.78 Å². The fourth-order valence-electron chi connectivity index (χ4n) is 2.83. The lowest BCUT2D eigenvalue weighted by molar-refractivity contribution is -0.144. The Labute approximate surface area is 117 Å². The lowest BCUT2D eigenvalue weighted by Crippen LogP contribution is -2.34. The third kappa shape index (κ3) is 3.76. The van der Waals surface area contributed by atoms with Gasteiger partial charge < -0.3 is 10.4 Å². The summed E-state index contributed by atoms with van der Waals surface area (Å²) in [4.78, 5) is 11.2. The summed E-state index contributed by atoms with van der Waals surface area (Å²) < 4.78 is 26.2. The standard InChI is InChI=1S/C15H19F2NO2/c16-12-6-5-11(14(17)7-12)9-18-8-10-3-1-2-4-13(10)15(19)20/h5-7,10,13,18H,1-4,8-9H2,(H,19,20). The highest BCUT2D eigenvalue weighted by atomic mass is 19.1. The van der Waals surface area contributed by atoms with Gasteiger partial charge in [0.1, 0.15) is 11.6 Å². The molecule has 0 saturated heterocycles. The number of aliphatic carboxylic acids is 1. The van der Waals surface area contributed by atoms with Gasteiger partial charge in [0.15, 0.2) is 0 Å². The van der Waals surface area contributed by atoms with Crippen molar-refractivity contribution in [3.05, 3.63) is 35.4 Å². The van der Waals surface area contributed by atoms with Gasteiger partial charge in [-0.15, -0.1) is 0 Å². The van der Waals surface area contributed by atoms with Crippen molar-refractivity contribution in [1.82, 2.24) is 5.32 Å². The van der Waals surface area contributed by atoms with Crippen LogP contribution >= 0.6 is 0 Å². The van der Waals surface area contributed by atoms with Gasteiger partial charge in [-0.3, -0.25) is 4.79 Å². The van der Waals surface area contributed by atoms with Crippen LogP contribution in [0, 0.1) is 23.5 Å². The second-order valence-electron chi connectivity index (χ2n) is 5.36. The quantitative estimate of drug-likeness (QED) is 0.873.